The van der Waals surface area contributed by atoms with Gasteiger partial charge in [0.2, 0.25) is 5.91 Å². The van der Waals surface area contributed by atoms with Crippen LogP contribution in [0.3, 0.4) is 0 Å². The molecule has 0 aromatic heterocycles. The van der Waals surface area contributed by atoms with Crippen LogP contribution in [0.4, 0.5) is 5.69 Å². The van der Waals surface area contributed by atoms with E-state index in [0.717, 1.165) is 20.9 Å². The standard InChI is InChI=1S/C15H11BrN2O/c16-12-5-6-13(11-4-2-1-3-10(11)12)18-14(19)15(9-17)7-8-15/h1-6H,7-8H2,(H,18,19). The van der Waals surface area contributed by atoms with Crippen LogP contribution in [0.25, 0.3) is 10.8 Å². The first-order valence-electron chi connectivity index (χ1n) is 6.06. The zero-order valence-corrected chi connectivity index (χ0v) is 11.7. The molecule has 1 fully saturated rings. The van der Waals surface area contributed by atoms with E-state index in [0.29, 0.717) is 12.8 Å². The molecule has 1 saturated carbocycles. The maximum atomic E-state index is 12.1. The van der Waals surface area contributed by atoms with Crippen molar-refractivity contribution in [1.29, 1.82) is 5.26 Å². The third-order valence-corrected chi connectivity index (χ3v) is 4.21. The molecule has 1 N–H and O–H groups in total. The van der Waals surface area contributed by atoms with Gasteiger partial charge in [0.25, 0.3) is 0 Å². The molecule has 0 bridgehead atoms. The number of carbonyl (C=O) groups excluding carboxylic acids is 1. The normalized spacial score (nSPS) is 15.8. The molecule has 1 amide bonds. The van der Waals surface area contributed by atoms with Crippen LogP contribution in [0.2, 0.25) is 0 Å². The van der Waals surface area contributed by atoms with Gasteiger partial charge in [-0.2, -0.15) is 5.26 Å². The average Bonchev–Trinajstić information content (AvgIpc) is 3.23. The number of halogens is 1. The summed E-state index contributed by atoms with van der Waals surface area (Å²) in [5.41, 5.74) is -0.0425. The minimum absolute atomic E-state index is 0.192. The highest BCUT2D eigenvalue weighted by Gasteiger charge is 2.50. The van der Waals surface area contributed by atoms with E-state index in [9.17, 15) is 4.79 Å². The third-order valence-electron chi connectivity index (χ3n) is 3.52. The number of hydrogen-bond donors (Lipinski definition) is 1. The molecule has 3 rings (SSSR count). The fourth-order valence-electron chi connectivity index (χ4n) is 2.13. The predicted octanol–water partition coefficient (Wildman–Crippen LogP) is 3.84. The lowest BCUT2D eigenvalue weighted by atomic mass is 10.1. The molecule has 2 aromatic carbocycles. The summed E-state index contributed by atoms with van der Waals surface area (Å²) in [7, 11) is 0. The Morgan fingerprint density at radius 2 is 1.89 bits per heavy atom. The Balaban J connectivity index is 2.01. The van der Waals surface area contributed by atoms with Gasteiger partial charge in [-0.3, -0.25) is 4.79 Å². The molecule has 0 saturated heterocycles. The quantitative estimate of drug-likeness (QED) is 0.915. The van der Waals surface area contributed by atoms with Crippen LogP contribution < -0.4 is 5.32 Å². The molecule has 94 valence electrons. The molecular weight excluding hydrogens is 304 g/mol. The zero-order chi connectivity index (χ0) is 13.5. The summed E-state index contributed by atoms with van der Waals surface area (Å²) in [5, 5.41) is 13.9. The number of amides is 1. The van der Waals surface area contributed by atoms with Crippen molar-refractivity contribution >= 4 is 38.3 Å². The van der Waals surface area contributed by atoms with Crippen LogP contribution in [0.1, 0.15) is 12.8 Å². The number of fused-ring (bicyclic) bond motifs is 1. The van der Waals surface area contributed by atoms with Gasteiger partial charge in [-0.15, -0.1) is 0 Å². The summed E-state index contributed by atoms with van der Waals surface area (Å²) < 4.78 is 0.988. The van der Waals surface area contributed by atoms with Crippen LogP contribution >= 0.6 is 15.9 Å². The lowest BCUT2D eigenvalue weighted by Gasteiger charge is -2.11. The van der Waals surface area contributed by atoms with Crippen LogP contribution in [-0.2, 0) is 4.79 Å². The van der Waals surface area contributed by atoms with Crippen LogP contribution in [0.5, 0.6) is 0 Å². The Morgan fingerprint density at radius 1 is 1.21 bits per heavy atom. The molecular formula is C15H11BrN2O. The Labute approximate surface area is 119 Å². The van der Waals surface area contributed by atoms with E-state index in [-0.39, 0.29) is 5.91 Å². The van der Waals surface area contributed by atoms with E-state index >= 15 is 0 Å². The largest absolute Gasteiger partial charge is 0.324 e. The van der Waals surface area contributed by atoms with E-state index in [2.05, 4.69) is 27.3 Å². The summed E-state index contributed by atoms with van der Waals surface area (Å²) in [6.45, 7) is 0. The van der Waals surface area contributed by atoms with Crippen LogP contribution in [0.15, 0.2) is 40.9 Å². The fraction of sp³-hybridized carbons (Fsp3) is 0.200. The lowest BCUT2D eigenvalue weighted by molar-refractivity contribution is -0.119. The van der Waals surface area contributed by atoms with Crippen molar-refractivity contribution in [3.8, 4) is 6.07 Å². The number of nitriles is 1. The van der Waals surface area contributed by atoms with Crippen molar-refractivity contribution in [3.05, 3.63) is 40.9 Å². The second-order valence-corrected chi connectivity index (χ2v) is 5.64. The van der Waals surface area contributed by atoms with Crippen LogP contribution in [-0.4, -0.2) is 5.91 Å². The Kier molecular flexibility index (Phi) is 2.79. The minimum Gasteiger partial charge on any atom is -0.324 e. The molecule has 0 radical (unpaired) electrons. The van der Waals surface area contributed by atoms with Gasteiger partial charge in [0, 0.05) is 15.5 Å². The van der Waals surface area contributed by atoms with Gasteiger partial charge >= 0.3 is 0 Å². The van der Waals surface area contributed by atoms with Crippen molar-refractivity contribution in [2.45, 2.75) is 12.8 Å². The van der Waals surface area contributed by atoms with E-state index in [1.165, 1.54) is 0 Å². The van der Waals surface area contributed by atoms with E-state index in [1.807, 2.05) is 36.4 Å². The second-order valence-electron chi connectivity index (χ2n) is 4.79. The molecule has 0 atom stereocenters. The number of benzene rings is 2. The van der Waals surface area contributed by atoms with Crippen molar-refractivity contribution in [2.75, 3.05) is 5.32 Å². The SMILES string of the molecule is N#CC1(C(=O)Nc2ccc(Br)c3ccccc23)CC1. The van der Waals surface area contributed by atoms with Crippen LogP contribution in [0, 0.1) is 16.7 Å². The molecule has 0 heterocycles. The molecule has 19 heavy (non-hydrogen) atoms. The average molecular weight is 315 g/mol. The van der Waals surface area contributed by atoms with Crippen molar-refractivity contribution < 1.29 is 4.79 Å². The van der Waals surface area contributed by atoms with E-state index in [1.54, 1.807) is 0 Å². The van der Waals surface area contributed by atoms with Gasteiger partial charge in [-0.05, 0) is 30.4 Å². The number of carbonyl (C=O) groups is 1. The number of nitrogens with zero attached hydrogens (tertiary/aromatic N) is 1. The monoisotopic (exact) mass is 314 g/mol. The maximum Gasteiger partial charge on any atom is 0.244 e. The number of rotatable bonds is 2. The van der Waals surface area contributed by atoms with Gasteiger partial charge in [-0.25, -0.2) is 0 Å². The van der Waals surface area contributed by atoms with E-state index < -0.39 is 5.41 Å². The molecule has 0 spiro atoms. The molecule has 1 aliphatic carbocycles. The zero-order valence-electron chi connectivity index (χ0n) is 10.1. The van der Waals surface area contributed by atoms with Gasteiger partial charge in [0.15, 0.2) is 0 Å². The lowest BCUT2D eigenvalue weighted by Crippen LogP contribution is -2.22. The second kappa shape index (κ2) is 4.36. The maximum absolute atomic E-state index is 12.1. The van der Waals surface area contributed by atoms with Gasteiger partial charge in [0.1, 0.15) is 5.41 Å². The smallest absolute Gasteiger partial charge is 0.244 e. The van der Waals surface area contributed by atoms with E-state index in [4.69, 9.17) is 5.26 Å². The molecule has 0 unspecified atom stereocenters. The molecule has 1 aliphatic rings. The van der Waals surface area contributed by atoms with Crippen molar-refractivity contribution in [2.24, 2.45) is 5.41 Å². The topological polar surface area (TPSA) is 52.9 Å². The first-order chi connectivity index (χ1) is 9.16. The fourth-order valence-corrected chi connectivity index (χ4v) is 2.61. The molecule has 4 heteroatoms. The first-order valence-corrected chi connectivity index (χ1v) is 6.85. The van der Waals surface area contributed by atoms with Gasteiger partial charge in [0.05, 0.1) is 6.07 Å². The summed E-state index contributed by atoms with van der Waals surface area (Å²) in [4.78, 5) is 12.1. The van der Waals surface area contributed by atoms with Crippen molar-refractivity contribution in [1.82, 2.24) is 0 Å². The van der Waals surface area contributed by atoms with Gasteiger partial charge in [-0.1, -0.05) is 40.2 Å². The summed E-state index contributed by atoms with van der Waals surface area (Å²) in [5.74, 6) is -0.192. The number of anilines is 1. The highest BCUT2D eigenvalue weighted by atomic mass is 79.9. The minimum atomic E-state index is -0.797. The Hall–Kier alpha value is -1.86. The Morgan fingerprint density at radius 3 is 2.53 bits per heavy atom. The van der Waals surface area contributed by atoms with Gasteiger partial charge < -0.3 is 5.32 Å². The summed E-state index contributed by atoms with van der Waals surface area (Å²) in [6.07, 6.45) is 1.31. The molecule has 3 nitrogen and oxygen atoms in total. The predicted molar refractivity (Wildman–Crippen MR) is 77.6 cm³/mol. The highest BCUT2D eigenvalue weighted by Crippen LogP contribution is 2.46. The van der Waals surface area contributed by atoms with Crippen molar-refractivity contribution in [3.63, 3.8) is 0 Å². The third kappa shape index (κ3) is 2.00. The highest BCUT2D eigenvalue weighted by molar-refractivity contribution is 9.10. The summed E-state index contributed by atoms with van der Waals surface area (Å²) in [6, 6.07) is 13.7. The Bertz CT molecular complexity index is 714. The number of nitrogens with one attached hydrogen (secondary N) is 1. The molecule has 0 aliphatic heterocycles. The number of hydrogen-bond acceptors (Lipinski definition) is 2. The summed E-state index contributed by atoms with van der Waals surface area (Å²) >= 11 is 3.50. The molecule has 2 aromatic rings. The first kappa shape index (κ1) is 12.2.